The molecule has 0 aliphatic carbocycles. The molecule has 98 valence electrons. The molecule has 2 saturated heterocycles. The van der Waals surface area contributed by atoms with Crippen molar-refractivity contribution >= 4 is 34.8 Å². The summed E-state index contributed by atoms with van der Waals surface area (Å²) in [5.74, 6) is 0. The lowest BCUT2D eigenvalue weighted by atomic mass is 10.1. The van der Waals surface area contributed by atoms with E-state index in [2.05, 4.69) is 10.2 Å². The molecule has 2 aliphatic heterocycles. The predicted octanol–water partition coefficient (Wildman–Crippen LogP) is -0.621. The van der Waals surface area contributed by atoms with Crippen LogP contribution in [0.2, 0.25) is 0 Å². The Morgan fingerprint density at radius 1 is 1.06 bits per heavy atom. The highest BCUT2D eigenvalue weighted by Gasteiger charge is 2.30. The van der Waals surface area contributed by atoms with Crippen LogP contribution in [0.1, 0.15) is 0 Å². The lowest BCUT2D eigenvalue weighted by Gasteiger charge is -2.42. The van der Waals surface area contributed by atoms with E-state index in [0.29, 0.717) is 19.1 Å². The van der Waals surface area contributed by atoms with E-state index in [1.807, 2.05) is 0 Å². The summed E-state index contributed by atoms with van der Waals surface area (Å²) in [4.78, 5) is 2.37. The van der Waals surface area contributed by atoms with Gasteiger partial charge in [0.2, 0.25) is 10.0 Å². The number of hydrogen-bond acceptors (Lipinski definition) is 4. The molecule has 2 rings (SSSR count). The van der Waals surface area contributed by atoms with E-state index in [4.69, 9.17) is 0 Å². The second kappa shape index (κ2) is 6.37. The van der Waals surface area contributed by atoms with Crippen LogP contribution in [0.15, 0.2) is 0 Å². The molecule has 0 bridgehead atoms. The third-order valence-electron chi connectivity index (χ3n) is 3.02. The minimum absolute atomic E-state index is 0. The quantitative estimate of drug-likeness (QED) is 0.737. The highest BCUT2D eigenvalue weighted by atomic mass is 35.5. The fraction of sp³-hybridized carbons (Fsp3) is 1.00. The molecule has 0 unspecified atom stereocenters. The van der Waals surface area contributed by atoms with Gasteiger partial charge in [0, 0.05) is 45.3 Å². The van der Waals surface area contributed by atoms with Crippen LogP contribution in [-0.2, 0) is 10.0 Å². The number of nitrogens with zero attached hydrogens (tertiary/aromatic N) is 2. The van der Waals surface area contributed by atoms with Crippen molar-refractivity contribution in [2.45, 2.75) is 6.04 Å². The molecule has 0 spiro atoms. The SMILES string of the molecule is CS(=O)(=O)N1CCN(C2CNC2)CC1.Cl.Cl. The standard InChI is InChI=1S/C8H17N3O2S.2ClH/c1-14(12,13)11-4-2-10(3-5-11)8-6-9-7-8;;/h8-9H,2-7H2,1H3;2*1H. The number of nitrogens with one attached hydrogen (secondary N) is 1. The van der Waals surface area contributed by atoms with Crippen molar-refractivity contribution in [2.75, 3.05) is 45.5 Å². The first-order valence-electron chi connectivity index (χ1n) is 4.97. The van der Waals surface area contributed by atoms with Gasteiger partial charge in [0.15, 0.2) is 0 Å². The molecular weight excluding hydrogens is 273 g/mol. The molecular formula is C8H19Cl2N3O2S. The molecule has 5 nitrogen and oxygen atoms in total. The summed E-state index contributed by atoms with van der Waals surface area (Å²) in [5, 5.41) is 3.23. The van der Waals surface area contributed by atoms with Crippen molar-refractivity contribution in [1.82, 2.24) is 14.5 Å². The Labute approximate surface area is 109 Å². The third kappa shape index (κ3) is 3.72. The van der Waals surface area contributed by atoms with Gasteiger partial charge in [0.05, 0.1) is 6.26 Å². The maximum Gasteiger partial charge on any atom is 0.211 e. The van der Waals surface area contributed by atoms with Crippen molar-refractivity contribution in [3.63, 3.8) is 0 Å². The molecule has 0 aromatic heterocycles. The topological polar surface area (TPSA) is 52.7 Å². The maximum absolute atomic E-state index is 11.2. The lowest BCUT2D eigenvalue weighted by Crippen LogP contribution is -2.61. The van der Waals surface area contributed by atoms with Gasteiger partial charge in [-0.3, -0.25) is 4.90 Å². The second-order valence-corrected chi connectivity index (χ2v) is 5.99. The molecule has 0 amide bonds. The van der Waals surface area contributed by atoms with E-state index in [9.17, 15) is 8.42 Å². The Hall–Kier alpha value is 0.410. The normalized spacial score (nSPS) is 24.1. The van der Waals surface area contributed by atoms with Gasteiger partial charge >= 0.3 is 0 Å². The third-order valence-corrected chi connectivity index (χ3v) is 4.32. The zero-order valence-electron chi connectivity index (χ0n) is 9.26. The molecule has 0 aromatic carbocycles. The van der Waals surface area contributed by atoms with Crippen LogP contribution in [0, 0.1) is 0 Å². The van der Waals surface area contributed by atoms with Crippen LogP contribution >= 0.6 is 24.8 Å². The monoisotopic (exact) mass is 291 g/mol. The van der Waals surface area contributed by atoms with E-state index in [1.54, 1.807) is 4.31 Å². The maximum atomic E-state index is 11.2. The fourth-order valence-electron chi connectivity index (χ4n) is 1.93. The zero-order chi connectivity index (χ0) is 10.2. The van der Waals surface area contributed by atoms with E-state index < -0.39 is 10.0 Å². The Kier molecular flexibility index (Phi) is 6.53. The molecule has 1 N–H and O–H groups in total. The summed E-state index contributed by atoms with van der Waals surface area (Å²) >= 11 is 0. The van der Waals surface area contributed by atoms with Crippen molar-refractivity contribution in [2.24, 2.45) is 0 Å². The van der Waals surface area contributed by atoms with Gasteiger partial charge in [-0.05, 0) is 0 Å². The molecule has 2 fully saturated rings. The number of rotatable bonds is 2. The van der Waals surface area contributed by atoms with Crippen LogP contribution in [0.5, 0.6) is 0 Å². The summed E-state index contributed by atoms with van der Waals surface area (Å²) in [6, 6.07) is 0.636. The number of hydrogen-bond donors (Lipinski definition) is 1. The summed E-state index contributed by atoms with van der Waals surface area (Å²) in [7, 11) is -2.97. The summed E-state index contributed by atoms with van der Waals surface area (Å²) < 4.78 is 24.0. The predicted molar refractivity (Wildman–Crippen MR) is 69.1 cm³/mol. The van der Waals surface area contributed by atoms with Gasteiger partial charge in [-0.25, -0.2) is 8.42 Å². The number of halogens is 2. The van der Waals surface area contributed by atoms with Crippen molar-refractivity contribution in [3.05, 3.63) is 0 Å². The Bertz CT molecular complexity index is 300. The molecule has 2 aliphatic rings. The van der Waals surface area contributed by atoms with E-state index in [-0.39, 0.29) is 24.8 Å². The van der Waals surface area contributed by atoms with Crippen LogP contribution < -0.4 is 5.32 Å². The summed E-state index contributed by atoms with van der Waals surface area (Å²) in [6.07, 6.45) is 1.29. The lowest BCUT2D eigenvalue weighted by molar-refractivity contribution is 0.103. The van der Waals surface area contributed by atoms with Crippen LogP contribution in [-0.4, -0.2) is 69.2 Å². The smallest absolute Gasteiger partial charge is 0.211 e. The largest absolute Gasteiger partial charge is 0.314 e. The minimum atomic E-state index is -2.97. The van der Waals surface area contributed by atoms with Crippen LogP contribution in [0.25, 0.3) is 0 Å². The van der Waals surface area contributed by atoms with Gasteiger partial charge in [-0.2, -0.15) is 4.31 Å². The van der Waals surface area contributed by atoms with Gasteiger partial charge in [0.25, 0.3) is 0 Å². The summed E-state index contributed by atoms with van der Waals surface area (Å²) in [6.45, 7) is 5.15. The molecule has 0 atom stereocenters. The second-order valence-electron chi connectivity index (χ2n) is 4.01. The Morgan fingerprint density at radius 2 is 1.56 bits per heavy atom. The highest BCUT2D eigenvalue weighted by molar-refractivity contribution is 7.88. The van der Waals surface area contributed by atoms with Crippen molar-refractivity contribution in [3.8, 4) is 0 Å². The van der Waals surface area contributed by atoms with E-state index in [1.165, 1.54) is 6.26 Å². The first-order chi connectivity index (χ1) is 6.57. The van der Waals surface area contributed by atoms with Gasteiger partial charge < -0.3 is 5.32 Å². The van der Waals surface area contributed by atoms with Crippen LogP contribution in [0.4, 0.5) is 0 Å². The van der Waals surface area contributed by atoms with Crippen molar-refractivity contribution in [1.29, 1.82) is 0 Å². The average Bonchev–Trinajstić information content (AvgIpc) is 2.00. The summed E-state index contributed by atoms with van der Waals surface area (Å²) in [5.41, 5.74) is 0. The number of sulfonamides is 1. The average molecular weight is 292 g/mol. The van der Waals surface area contributed by atoms with Crippen LogP contribution in [0.3, 0.4) is 0 Å². The molecule has 8 heteroatoms. The zero-order valence-corrected chi connectivity index (χ0v) is 11.7. The van der Waals surface area contributed by atoms with Crippen molar-refractivity contribution < 1.29 is 8.42 Å². The van der Waals surface area contributed by atoms with E-state index >= 15 is 0 Å². The first-order valence-corrected chi connectivity index (χ1v) is 6.82. The molecule has 2 heterocycles. The Morgan fingerprint density at radius 3 is 1.88 bits per heavy atom. The molecule has 0 saturated carbocycles. The number of piperazine rings is 1. The molecule has 0 aromatic rings. The Balaban J connectivity index is 0.00000112. The molecule has 16 heavy (non-hydrogen) atoms. The van der Waals surface area contributed by atoms with E-state index in [0.717, 1.165) is 26.2 Å². The van der Waals surface area contributed by atoms with Gasteiger partial charge in [-0.1, -0.05) is 0 Å². The van der Waals surface area contributed by atoms with Gasteiger partial charge in [0.1, 0.15) is 0 Å². The van der Waals surface area contributed by atoms with Gasteiger partial charge in [-0.15, -0.1) is 24.8 Å². The fourth-order valence-corrected chi connectivity index (χ4v) is 2.76. The first kappa shape index (κ1) is 16.4. The highest BCUT2D eigenvalue weighted by Crippen LogP contribution is 2.11. The minimum Gasteiger partial charge on any atom is -0.314 e. The molecule has 0 radical (unpaired) electrons.